The Labute approximate surface area is 154 Å². The monoisotopic (exact) mass is 377 g/mol. The minimum absolute atomic E-state index is 0.0609. The van der Waals surface area contributed by atoms with Crippen LogP contribution in [0.5, 0.6) is 5.75 Å². The quantitative estimate of drug-likeness (QED) is 0.722. The summed E-state index contributed by atoms with van der Waals surface area (Å²) in [6, 6.07) is 10.4. The van der Waals surface area contributed by atoms with E-state index in [-0.39, 0.29) is 18.9 Å². The topological polar surface area (TPSA) is 88.6 Å². The third-order valence-corrected chi connectivity index (χ3v) is 4.81. The molecule has 2 aromatic rings. The summed E-state index contributed by atoms with van der Waals surface area (Å²) in [7, 11) is -3.50. The second-order valence-corrected chi connectivity index (χ2v) is 7.55. The molecule has 7 nitrogen and oxygen atoms in total. The molecule has 0 atom stereocenters. The average Bonchev–Trinajstić information content (AvgIpc) is 2.61. The van der Waals surface area contributed by atoms with Gasteiger partial charge >= 0.3 is 0 Å². The van der Waals surface area contributed by atoms with Crippen LogP contribution in [-0.4, -0.2) is 38.7 Å². The largest absolute Gasteiger partial charge is 0.494 e. The van der Waals surface area contributed by atoms with Crippen molar-refractivity contribution in [1.29, 1.82) is 0 Å². The minimum Gasteiger partial charge on any atom is -0.494 e. The van der Waals surface area contributed by atoms with E-state index in [4.69, 9.17) is 4.74 Å². The number of anilines is 1. The molecular formula is C18H23N3O4S. The molecule has 26 heavy (non-hydrogen) atoms. The molecule has 1 aromatic heterocycles. The summed E-state index contributed by atoms with van der Waals surface area (Å²) in [6.07, 6.45) is 4.49. The Morgan fingerprint density at radius 2 is 1.81 bits per heavy atom. The van der Waals surface area contributed by atoms with Gasteiger partial charge in [-0.2, -0.15) is 0 Å². The van der Waals surface area contributed by atoms with Gasteiger partial charge in [0, 0.05) is 31.9 Å². The number of benzene rings is 1. The van der Waals surface area contributed by atoms with E-state index in [1.54, 1.807) is 36.7 Å². The van der Waals surface area contributed by atoms with Crippen LogP contribution in [0.2, 0.25) is 0 Å². The highest BCUT2D eigenvalue weighted by Crippen LogP contribution is 2.21. The number of ether oxygens (including phenoxy) is 1. The third kappa shape index (κ3) is 6.03. The molecule has 2 rings (SSSR count). The van der Waals surface area contributed by atoms with Gasteiger partial charge in [-0.05, 0) is 48.9 Å². The number of nitrogens with zero attached hydrogens (tertiary/aromatic N) is 2. The van der Waals surface area contributed by atoms with Gasteiger partial charge in [-0.1, -0.05) is 0 Å². The van der Waals surface area contributed by atoms with E-state index in [1.165, 1.54) is 4.31 Å². The zero-order valence-corrected chi connectivity index (χ0v) is 15.7. The molecule has 0 aliphatic rings. The van der Waals surface area contributed by atoms with Crippen molar-refractivity contribution in [1.82, 2.24) is 10.3 Å². The highest BCUT2D eigenvalue weighted by Gasteiger charge is 2.18. The van der Waals surface area contributed by atoms with Crippen LogP contribution >= 0.6 is 0 Å². The van der Waals surface area contributed by atoms with E-state index in [2.05, 4.69) is 10.3 Å². The van der Waals surface area contributed by atoms with Crippen LogP contribution in [0.25, 0.3) is 0 Å². The number of carbonyl (C=O) groups excluding carboxylic acids is 1. The highest BCUT2D eigenvalue weighted by atomic mass is 32.2. The molecule has 0 saturated carbocycles. The Hall–Kier alpha value is -2.61. The standard InChI is InChI=1S/C18H23N3O4S/c1-3-25-17-6-4-16(5-7-17)21(26(2,23)24)13-10-18(22)20-14-15-8-11-19-12-9-15/h4-9,11-12H,3,10,13-14H2,1-2H3,(H,20,22). The van der Waals surface area contributed by atoms with Crippen molar-refractivity contribution >= 4 is 21.6 Å². The number of amides is 1. The summed E-state index contributed by atoms with van der Waals surface area (Å²) >= 11 is 0. The normalized spacial score (nSPS) is 11.0. The molecule has 0 spiro atoms. The van der Waals surface area contributed by atoms with Crippen LogP contribution in [0.15, 0.2) is 48.8 Å². The number of aromatic nitrogens is 1. The first-order chi connectivity index (χ1) is 12.4. The molecule has 0 saturated heterocycles. The highest BCUT2D eigenvalue weighted by molar-refractivity contribution is 7.92. The maximum atomic E-state index is 12.1. The Morgan fingerprint density at radius 3 is 2.38 bits per heavy atom. The summed E-state index contributed by atoms with van der Waals surface area (Å²) in [4.78, 5) is 16.0. The van der Waals surface area contributed by atoms with Crippen LogP contribution in [0.1, 0.15) is 18.9 Å². The zero-order valence-electron chi connectivity index (χ0n) is 14.9. The Bertz CT molecular complexity index is 808. The summed E-state index contributed by atoms with van der Waals surface area (Å²) in [5, 5.41) is 2.77. The lowest BCUT2D eigenvalue weighted by atomic mass is 10.2. The third-order valence-electron chi connectivity index (χ3n) is 3.62. The van der Waals surface area contributed by atoms with Gasteiger partial charge in [-0.25, -0.2) is 8.42 Å². The molecule has 1 amide bonds. The number of rotatable bonds is 9. The number of nitrogens with one attached hydrogen (secondary N) is 1. The molecular weight excluding hydrogens is 354 g/mol. The lowest BCUT2D eigenvalue weighted by molar-refractivity contribution is -0.121. The summed E-state index contributed by atoms with van der Waals surface area (Å²) in [5.41, 5.74) is 1.43. The average molecular weight is 377 g/mol. The maximum absolute atomic E-state index is 12.1. The predicted octanol–water partition coefficient (Wildman–Crippen LogP) is 1.95. The van der Waals surface area contributed by atoms with E-state index in [0.29, 0.717) is 24.6 Å². The summed E-state index contributed by atoms with van der Waals surface area (Å²) < 4.78 is 30.8. The molecule has 1 heterocycles. The smallest absolute Gasteiger partial charge is 0.232 e. The lowest BCUT2D eigenvalue weighted by Crippen LogP contribution is -2.34. The van der Waals surface area contributed by atoms with E-state index >= 15 is 0 Å². The molecule has 1 aromatic carbocycles. The van der Waals surface area contributed by atoms with Crippen LogP contribution in [0.4, 0.5) is 5.69 Å². The number of hydrogen-bond acceptors (Lipinski definition) is 5. The minimum atomic E-state index is -3.50. The SMILES string of the molecule is CCOc1ccc(N(CCC(=O)NCc2ccncc2)S(C)(=O)=O)cc1. The van der Waals surface area contributed by atoms with Crippen molar-refractivity contribution in [2.75, 3.05) is 23.7 Å². The fourth-order valence-corrected chi connectivity index (χ4v) is 3.28. The molecule has 8 heteroatoms. The van der Waals surface area contributed by atoms with Crippen LogP contribution in [0.3, 0.4) is 0 Å². The molecule has 0 aliphatic heterocycles. The fourth-order valence-electron chi connectivity index (χ4n) is 2.35. The van der Waals surface area contributed by atoms with Gasteiger partial charge in [0.05, 0.1) is 18.6 Å². The Kier molecular flexibility index (Phi) is 6.97. The van der Waals surface area contributed by atoms with Crippen molar-refractivity contribution in [3.8, 4) is 5.75 Å². The van der Waals surface area contributed by atoms with Gasteiger partial charge < -0.3 is 10.1 Å². The Morgan fingerprint density at radius 1 is 1.15 bits per heavy atom. The zero-order chi connectivity index (χ0) is 19.0. The fraction of sp³-hybridized carbons (Fsp3) is 0.333. The first-order valence-electron chi connectivity index (χ1n) is 8.26. The number of sulfonamides is 1. The molecule has 0 fully saturated rings. The lowest BCUT2D eigenvalue weighted by Gasteiger charge is -2.22. The van der Waals surface area contributed by atoms with E-state index in [1.807, 2.05) is 19.1 Å². The van der Waals surface area contributed by atoms with Gasteiger partial charge in [-0.15, -0.1) is 0 Å². The molecule has 0 aliphatic carbocycles. The molecule has 0 radical (unpaired) electrons. The summed E-state index contributed by atoms with van der Waals surface area (Å²) in [5.74, 6) is 0.446. The number of hydrogen-bond donors (Lipinski definition) is 1. The van der Waals surface area contributed by atoms with Crippen molar-refractivity contribution in [2.24, 2.45) is 0 Å². The van der Waals surface area contributed by atoms with Crippen molar-refractivity contribution in [3.05, 3.63) is 54.4 Å². The van der Waals surface area contributed by atoms with Gasteiger partial charge in [0.2, 0.25) is 15.9 Å². The molecule has 140 valence electrons. The Balaban J connectivity index is 1.96. The maximum Gasteiger partial charge on any atom is 0.232 e. The van der Waals surface area contributed by atoms with Gasteiger partial charge in [0.15, 0.2) is 0 Å². The van der Waals surface area contributed by atoms with Gasteiger partial charge in [0.25, 0.3) is 0 Å². The van der Waals surface area contributed by atoms with Gasteiger partial charge in [-0.3, -0.25) is 14.1 Å². The van der Waals surface area contributed by atoms with Crippen LogP contribution < -0.4 is 14.4 Å². The van der Waals surface area contributed by atoms with Crippen LogP contribution in [0, 0.1) is 0 Å². The second-order valence-electron chi connectivity index (χ2n) is 5.64. The van der Waals surface area contributed by atoms with Crippen molar-refractivity contribution in [3.63, 3.8) is 0 Å². The number of carbonyl (C=O) groups is 1. The molecule has 1 N–H and O–H groups in total. The second kappa shape index (κ2) is 9.19. The number of pyridine rings is 1. The van der Waals surface area contributed by atoms with E-state index < -0.39 is 10.0 Å². The molecule has 0 bridgehead atoms. The van der Waals surface area contributed by atoms with Crippen LogP contribution in [-0.2, 0) is 21.4 Å². The van der Waals surface area contributed by atoms with E-state index in [9.17, 15) is 13.2 Å². The van der Waals surface area contributed by atoms with Gasteiger partial charge in [0.1, 0.15) is 5.75 Å². The predicted molar refractivity (Wildman–Crippen MR) is 101 cm³/mol. The van der Waals surface area contributed by atoms with Crippen molar-refractivity contribution in [2.45, 2.75) is 19.9 Å². The first-order valence-corrected chi connectivity index (χ1v) is 10.1. The first kappa shape index (κ1) is 19.7. The van der Waals surface area contributed by atoms with E-state index in [0.717, 1.165) is 11.8 Å². The molecule has 0 unspecified atom stereocenters. The summed E-state index contributed by atoms with van der Waals surface area (Å²) in [6.45, 7) is 2.85. The van der Waals surface area contributed by atoms with Crippen molar-refractivity contribution < 1.29 is 17.9 Å².